The van der Waals surface area contributed by atoms with E-state index < -0.39 is 0 Å². The molecular weight excluding hydrogens is 256 g/mol. The Morgan fingerprint density at radius 3 is 2.80 bits per heavy atom. The summed E-state index contributed by atoms with van der Waals surface area (Å²) in [4.78, 5) is 4.44. The van der Waals surface area contributed by atoms with Crippen LogP contribution in [0.1, 0.15) is 19.7 Å². The van der Waals surface area contributed by atoms with Crippen LogP contribution in [0.15, 0.2) is 27.1 Å². The van der Waals surface area contributed by atoms with Crippen molar-refractivity contribution < 1.29 is 4.42 Å². The topological polar surface area (TPSA) is 52.0 Å². The Morgan fingerprint density at radius 2 is 2.20 bits per heavy atom. The third kappa shape index (κ3) is 1.79. The van der Waals surface area contributed by atoms with Crippen molar-refractivity contribution in [3.05, 3.63) is 28.6 Å². The smallest absolute Gasteiger partial charge is 0.202 e. The van der Waals surface area contributed by atoms with E-state index in [0.717, 1.165) is 15.6 Å². The average Bonchev–Trinajstić information content (AvgIpc) is 2.64. The van der Waals surface area contributed by atoms with Gasteiger partial charge in [-0.1, -0.05) is 6.07 Å². The number of hydrogen-bond donors (Lipinski definition) is 1. The molecule has 2 rings (SSSR count). The maximum Gasteiger partial charge on any atom is 0.202 e. The summed E-state index contributed by atoms with van der Waals surface area (Å²) in [6.45, 7) is 4.55. The number of fused-ring (bicyclic) bond motifs is 1. The summed E-state index contributed by atoms with van der Waals surface area (Å²) in [7, 11) is 0. The first-order valence-corrected chi connectivity index (χ1v) is 5.59. The van der Waals surface area contributed by atoms with Crippen molar-refractivity contribution in [2.24, 2.45) is 5.73 Å². The van der Waals surface area contributed by atoms with Gasteiger partial charge in [-0.25, -0.2) is 4.98 Å². The zero-order chi connectivity index (χ0) is 11.1. The van der Waals surface area contributed by atoms with Gasteiger partial charge in [0.2, 0.25) is 5.89 Å². The number of benzene rings is 1. The summed E-state index contributed by atoms with van der Waals surface area (Å²) in [5.41, 5.74) is 7.11. The third-order valence-electron chi connectivity index (χ3n) is 2.46. The van der Waals surface area contributed by atoms with Gasteiger partial charge < -0.3 is 10.2 Å². The molecule has 80 valence electrons. The summed E-state index contributed by atoms with van der Waals surface area (Å²) in [5.74, 6) is 0.687. The predicted molar refractivity (Wildman–Crippen MR) is 63.8 cm³/mol. The maximum atomic E-state index is 5.72. The Morgan fingerprint density at radius 1 is 1.47 bits per heavy atom. The molecule has 1 aromatic carbocycles. The summed E-state index contributed by atoms with van der Waals surface area (Å²) in [6, 6.07) is 5.81. The van der Waals surface area contributed by atoms with Crippen molar-refractivity contribution in [1.29, 1.82) is 0 Å². The van der Waals surface area contributed by atoms with Crippen molar-refractivity contribution in [2.75, 3.05) is 6.54 Å². The molecule has 0 aliphatic rings. The lowest BCUT2D eigenvalue weighted by Crippen LogP contribution is -2.28. The molecule has 0 saturated carbocycles. The van der Waals surface area contributed by atoms with Gasteiger partial charge in [-0.15, -0.1) is 0 Å². The van der Waals surface area contributed by atoms with Crippen LogP contribution in [0, 0.1) is 0 Å². The number of aromatic nitrogens is 1. The van der Waals surface area contributed by atoms with Gasteiger partial charge in [0, 0.05) is 6.54 Å². The van der Waals surface area contributed by atoms with E-state index in [4.69, 9.17) is 10.2 Å². The van der Waals surface area contributed by atoms with Crippen molar-refractivity contribution in [3.63, 3.8) is 0 Å². The van der Waals surface area contributed by atoms with E-state index in [1.54, 1.807) is 0 Å². The van der Waals surface area contributed by atoms with Gasteiger partial charge in [-0.2, -0.15) is 0 Å². The summed E-state index contributed by atoms with van der Waals surface area (Å²) >= 11 is 3.43. The third-order valence-corrected chi connectivity index (χ3v) is 3.08. The molecule has 0 aliphatic heterocycles. The van der Waals surface area contributed by atoms with E-state index in [-0.39, 0.29) is 5.41 Å². The van der Waals surface area contributed by atoms with Gasteiger partial charge in [0.1, 0.15) is 5.52 Å². The van der Waals surface area contributed by atoms with Crippen LogP contribution < -0.4 is 5.73 Å². The number of halogens is 1. The summed E-state index contributed by atoms with van der Waals surface area (Å²) in [6.07, 6.45) is 0. The summed E-state index contributed by atoms with van der Waals surface area (Å²) in [5, 5.41) is 0. The predicted octanol–water partition coefficient (Wildman–Crippen LogP) is 2.83. The molecule has 0 saturated heterocycles. The molecule has 0 spiro atoms. The molecule has 0 aliphatic carbocycles. The molecule has 0 radical (unpaired) electrons. The van der Waals surface area contributed by atoms with E-state index in [9.17, 15) is 0 Å². The molecular formula is C11H13BrN2O. The molecule has 1 heterocycles. The molecule has 1 aromatic heterocycles. The van der Waals surface area contributed by atoms with E-state index in [1.165, 1.54) is 0 Å². The molecule has 0 unspecified atom stereocenters. The van der Waals surface area contributed by atoms with Gasteiger partial charge in [0.05, 0.1) is 9.89 Å². The van der Waals surface area contributed by atoms with Gasteiger partial charge in [0.25, 0.3) is 0 Å². The first kappa shape index (κ1) is 10.6. The van der Waals surface area contributed by atoms with Crippen molar-refractivity contribution >= 4 is 27.0 Å². The first-order valence-electron chi connectivity index (χ1n) is 4.80. The molecule has 0 amide bonds. The standard InChI is InChI=1S/C11H13BrN2O/c1-11(2,6-13)10-14-8-5-3-4-7(12)9(8)15-10/h3-5H,6,13H2,1-2H3. The van der Waals surface area contributed by atoms with Crippen molar-refractivity contribution in [1.82, 2.24) is 4.98 Å². The minimum Gasteiger partial charge on any atom is -0.439 e. The van der Waals surface area contributed by atoms with Gasteiger partial charge >= 0.3 is 0 Å². The van der Waals surface area contributed by atoms with E-state index in [1.807, 2.05) is 32.0 Å². The normalized spacial score (nSPS) is 12.3. The van der Waals surface area contributed by atoms with Crippen LogP contribution >= 0.6 is 15.9 Å². The number of oxazole rings is 1. The summed E-state index contributed by atoms with van der Waals surface area (Å²) < 4.78 is 6.64. The molecule has 0 bridgehead atoms. The number of hydrogen-bond acceptors (Lipinski definition) is 3. The highest BCUT2D eigenvalue weighted by Gasteiger charge is 2.25. The molecule has 0 atom stereocenters. The Hall–Kier alpha value is -0.870. The van der Waals surface area contributed by atoms with E-state index >= 15 is 0 Å². The first-order chi connectivity index (χ1) is 7.04. The van der Waals surface area contributed by atoms with Crippen LogP contribution in [0.3, 0.4) is 0 Å². The second kappa shape index (κ2) is 3.61. The highest BCUT2D eigenvalue weighted by Crippen LogP contribution is 2.29. The lowest BCUT2D eigenvalue weighted by molar-refractivity contribution is 0.390. The second-order valence-electron chi connectivity index (χ2n) is 4.20. The second-order valence-corrected chi connectivity index (χ2v) is 5.05. The van der Waals surface area contributed by atoms with Gasteiger partial charge in [0.15, 0.2) is 5.58 Å². The molecule has 2 aromatic rings. The van der Waals surface area contributed by atoms with Crippen LogP contribution in [0.4, 0.5) is 0 Å². The largest absolute Gasteiger partial charge is 0.439 e. The fraction of sp³-hybridized carbons (Fsp3) is 0.364. The monoisotopic (exact) mass is 268 g/mol. The zero-order valence-corrected chi connectivity index (χ0v) is 10.3. The quantitative estimate of drug-likeness (QED) is 0.912. The fourth-order valence-corrected chi connectivity index (χ4v) is 1.73. The highest BCUT2D eigenvalue weighted by atomic mass is 79.9. The lowest BCUT2D eigenvalue weighted by Gasteiger charge is -2.16. The van der Waals surface area contributed by atoms with Crippen LogP contribution in [0.25, 0.3) is 11.1 Å². The SMILES string of the molecule is CC(C)(CN)c1nc2cccc(Br)c2o1. The number of para-hydroxylation sites is 1. The van der Waals surface area contributed by atoms with E-state index in [2.05, 4.69) is 20.9 Å². The van der Waals surface area contributed by atoms with Crippen molar-refractivity contribution in [2.45, 2.75) is 19.3 Å². The number of rotatable bonds is 2. The average molecular weight is 269 g/mol. The Bertz CT molecular complexity index is 490. The molecule has 0 fully saturated rings. The lowest BCUT2D eigenvalue weighted by atomic mass is 9.94. The highest BCUT2D eigenvalue weighted by molar-refractivity contribution is 9.10. The maximum absolute atomic E-state index is 5.72. The van der Waals surface area contributed by atoms with Crippen LogP contribution in [0.2, 0.25) is 0 Å². The zero-order valence-electron chi connectivity index (χ0n) is 8.75. The van der Waals surface area contributed by atoms with Gasteiger partial charge in [-0.3, -0.25) is 0 Å². The van der Waals surface area contributed by atoms with E-state index in [0.29, 0.717) is 12.4 Å². The van der Waals surface area contributed by atoms with Crippen molar-refractivity contribution in [3.8, 4) is 0 Å². The minimum absolute atomic E-state index is 0.224. The Labute approximate surface area is 96.8 Å². The molecule has 4 heteroatoms. The Kier molecular flexibility index (Phi) is 2.56. The molecule has 3 nitrogen and oxygen atoms in total. The number of nitrogens with zero attached hydrogens (tertiary/aromatic N) is 1. The molecule has 2 N–H and O–H groups in total. The Balaban J connectivity index is 2.62. The number of nitrogens with two attached hydrogens (primary N) is 1. The van der Waals surface area contributed by atoms with Crippen LogP contribution in [-0.2, 0) is 5.41 Å². The minimum atomic E-state index is -0.224. The van der Waals surface area contributed by atoms with Gasteiger partial charge in [-0.05, 0) is 41.9 Å². The molecule has 15 heavy (non-hydrogen) atoms. The van der Waals surface area contributed by atoms with Crippen LogP contribution in [-0.4, -0.2) is 11.5 Å². The van der Waals surface area contributed by atoms with Crippen LogP contribution in [0.5, 0.6) is 0 Å². The fourth-order valence-electron chi connectivity index (χ4n) is 1.29.